The number of fused-ring (bicyclic) bond motifs is 2. The number of ether oxygens (including phenoxy) is 2. The summed E-state index contributed by atoms with van der Waals surface area (Å²) in [7, 11) is 0. The first kappa shape index (κ1) is 40.3. The van der Waals surface area contributed by atoms with Crippen LogP contribution in [0.15, 0.2) is 72.8 Å². The number of nitrogens with zero attached hydrogens (tertiary/aromatic N) is 6. The van der Waals surface area contributed by atoms with Crippen LogP contribution >= 0.6 is 0 Å². The minimum Gasteiger partial charge on any atom is -0.424 e. The van der Waals surface area contributed by atoms with Gasteiger partial charge in [-0.2, -0.15) is 0 Å². The molecule has 0 spiro atoms. The van der Waals surface area contributed by atoms with E-state index >= 15 is 0 Å². The van der Waals surface area contributed by atoms with E-state index in [1.807, 2.05) is 60.7 Å². The molecule has 6 aromatic rings. The number of unbranched alkanes of at least 4 members (excludes halogenated alkanes) is 1. The summed E-state index contributed by atoms with van der Waals surface area (Å²) in [6.45, 7) is 25.6. The summed E-state index contributed by atoms with van der Waals surface area (Å²) < 4.78 is 12.5. The van der Waals surface area contributed by atoms with Gasteiger partial charge in [-0.05, 0) is 82.0 Å². The molecule has 0 N–H and O–H groups in total. The SMILES string of the molecule is CC(C)(C)c1cc(-n2nc3ccccc3n2)c(OC(=O)CCCCC(=O)Oc2c(-n3nc4ccccc4n3)cc(C(C)(C)C)cc2C(C)(C)C)c(C(C)(C)C)c1. The lowest BCUT2D eigenvalue weighted by Gasteiger charge is -2.28. The van der Waals surface area contributed by atoms with Gasteiger partial charge in [-0.25, -0.2) is 0 Å². The average molecular weight is 757 g/mol. The van der Waals surface area contributed by atoms with E-state index in [-0.39, 0.29) is 34.5 Å². The number of rotatable bonds is 9. The van der Waals surface area contributed by atoms with Gasteiger partial charge >= 0.3 is 11.9 Å². The normalized spacial score (nSPS) is 12.7. The molecule has 0 saturated heterocycles. The number of carbonyl (C=O) groups excluding carboxylic acids is 2. The van der Waals surface area contributed by atoms with E-state index in [1.54, 1.807) is 9.59 Å². The molecule has 294 valence electrons. The molecule has 10 nitrogen and oxygen atoms in total. The zero-order chi connectivity index (χ0) is 40.8. The molecule has 10 heteroatoms. The lowest BCUT2D eigenvalue weighted by molar-refractivity contribution is -0.136. The Kier molecular flexibility index (Phi) is 10.7. The summed E-state index contributed by atoms with van der Waals surface area (Å²) >= 11 is 0. The van der Waals surface area contributed by atoms with E-state index in [0.717, 1.165) is 44.3 Å². The molecule has 2 aromatic heterocycles. The van der Waals surface area contributed by atoms with Crippen LogP contribution in [0.1, 0.15) is 131 Å². The molecule has 2 heterocycles. The van der Waals surface area contributed by atoms with Gasteiger partial charge in [0.2, 0.25) is 0 Å². The molecule has 6 rings (SSSR count). The van der Waals surface area contributed by atoms with Gasteiger partial charge in [-0.1, -0.05) is 119 Å². The molecule has 0 aliphatic heterocycles. The second-order valence-corrected chi connectivity index (χ2v) is 18.9. The van der Waals surface area contributed by atoms with Crippen LogP contribution in [0.3, 0.4) is 0 Å². The lowest BCUT2D eigenvalue weighted by atomic mass is 9.79. The van der Waals surface area contributed by atoms with E-state index < -0.39 is 11.9 Å². The third-order valence-corrected chi connectivity index (χ3v) is 9.93. The zero-order valence-electron chi connectivity index (χ0n) is 35.1. The van der Waals surface area contributed by atoms with Gasteiger partial charge in [0.15, 0.2) is 11.5 Å². The second kappa shape index (κ2) is 14.9. The molecular weight excluding hydrogens is 701 g/mol. The molecule has 0 bridgehead atoms. The third kappa shape index (κ3) is 8.85. The number of aromatic nitrogens is 6. The third-order valence-electron chi connectivity index (χ3n) is 9.93. The van der Waals surface area contributed by atoms with Gasteiger partial charge in [0.25, 0.3) is 0 Å². The number of hydrogen-bond donors (Lipinski definition) is 0. The van der Waals surface area contributed by atoms with Gasteiger partial charge in [0, 0.05) is 24.0 Å². The van der Waals surface area contributed by atoms with Crippen LogP contribution in [0.4, 0.5) is 0 Å². The summed E-state index contributed by atoms with van der Waals surface area (Å²) in [5.41, 5.74) is 7.10. The Labute approximate surface area is 330 Å². The first-order chi connectivity index (χ1) is 26.1. The van der Waals surface area contributed by atoms with E-state index in [9.17, 15) is 9.59 Å². The Hall–Kier alpha value is -5.38. The average Bonchev–Trinajstić information content (AvgIpc) is 3.73. The van der Waals surface area contributed by atoms with Crippen LogP contribution in [-0.2, 0) is 31.2 Å². The topological polar surface area (TPSA) is 114 Å². The minimum atomic E-state index is -0.391. The number of hydrogen-bond acceptors (Lipinski definition) is 8. The van der Waals surface area contributed by atoms with Gasteiger partial charge in [0.05, 0.1) is 0 Å². The fourth-order valence-electron chi connectivity index (χ4n) is 6.52. The fraction of sp³-hybridized carbons (Fsp3) is 0.435. The van der Waals surface area contributed by atoms with Crippen LogP contribution < -0.4 is 9.47 Å². The quantitative estimate of drug-likeness (QED) is 0.0814. The second-order valence-electron chi connectivity index (χ2n) is 18.9. The van der Waals surface area contributed by atoms with Crippen molar-refractivity contribution in [2.75, 3.05) is 0 Å². The Morgan fingerprint density at radius 1 is 0.482 bits per heavy atom. The first-order valence-electron chi connectivity index (χ1n) is 19.5. The molecule has 0 unspecified atom stereocenters. The van der Waals surface area contributed by atoms with Crippen LogP contribution in [0.2, 0.25) is 0 Å². The summed E-state index contributed by atoms with van der Waals surface area (Å²) in [6.07, 6.45) is 1.11. The fourth-order valence-corrected chi connectivity index (χ4v) is 6.52. The molecule has 0 saturated carbocycles. The standard InChI is InChI=1S/C46H56N6O4/c1-43(2,3)29-25-31(45(7,8)9)41(37(27-29)51-47-33-19-13-14-20-34(33)48-51)55-39(53)23-17-18-24-40(54)56-42-32(46(10,11)12)26-30(44(4,5)6)28-38(42)52-49-35-21-15-16-22-36(35)50-52/h13-16,19-22,25-28H,17-18,23-24H2,1-12H3. The maximum atomic E-state index is 13.6. The van der Waals surface area contributed by atoms with E-state index in [1.165, 1.54) is 0 Å². The molecular formula is C46H56N6O4. The summed E-state index contributed by atoms with van der Waals surface area (Å²) in [6, 6.07) is 23.6. The van der Waals surface area contributed by atoms with Crippen molar-refractivity contribution in [3.05, 3.63) is 95.1 Å². The van der Waals surface area contributed by atoms with Gasteiger partial charge in [0.1, 0.15) is 33.4 Å². The maximum absolute atomic E-state index is 13.6. The van der Waals surface area contributed by atoms with Crippen LogP contribution in [0.25, 0.3) is 33.4 Å². The molecule has 0 aliphatic rings. The molecule has 56 heavy (non-hydrogen) atoms. The summed E-state index contributed by atoms with van der Waals surface area (Å²) in [4.78, 5) is 30.4. The summed E-state index contributed by atoms with van der Waals surface area (Å²) in [5, 5.41) is 19.0. The zero-order valence-corrected chi connectivity index (χ0v) is 35.1. The predicted molar refractivity (Wildman–Crippen MR) is 222 cm³/mol. The molecule has 0 amide bonds. The van der Waals surface area contributed by atoms with Crippen LogP contribution in [0, 0.1) is 0 Å². The predicted octanol–water partition coefficient (Wildman–Crippen LogP) is 10.4. The Bertz CT molecular complexity index is 2180. The van der Waals surface area contributed by atoms with Gasteiger partial charge < -0.3 is 9.47 Å². The highest BCUT2D eigenvalue weighted by Crippen LogP contribution is 2.42. The largest absolute Gasteiger partial charge is 0.424 e. The number of carbonyl (C=O) groups is 2. The maximum Gasteiger partial charge on any atom is 0.311 e. The highest BCUT2D eigenvalue weighted by Gasteiger charge is 2.31. The number of esters is 2. The Morgan fingerprint density at radius 3 is 1.05 bits per heavy atom. The van der Waals surface area contributed by atoms with E-state index in [2.05, 4.69) is 95.2 Å². The highest BCUT2D eigenvalue weighted by molar-refractivity contribution is 5.78. The van der Waals surface area contributed by atoms with Crippen LogP contribution in [0.5, 0.6) is 11.5 Å². The number of benzene rings is 4. The minimum absolute atomic E-state index is 0.119. The lowest BCUT2D eigenvalue weighted by Crippen LogP contribution is -2.22. The van der Waals surface area contributed by atoms with Crippen molar-refractivity contribution >= 4 is 34.0 Å². The molecule has 0 atom stereocenters. The monoisotopic (exact) mass is 756 g/mol. The molecule has 0 radical (unpaired) electrons. The van der Waals surface area contributed by atoms with Crippen molar-refractivity contribution in [3.63, 3.8) is 0 Å². The molecule has 0 fully saturated rings. The van der Waals surface area contributed by atoms with E-state index in [4.69, 9.17) is 29.9 Å². The van der Waals surface area contributed by atoms with Crippen molar-refractivity contribution in [1.82, 2.24) is 30.0 Å². The van der Waals surface area contributed by atoms with Gasteiger partial charge in [-0.3, -0.25) is 9.59 Å². The van der Waals surface area contributed by atoms with E-state index in [0.29, 0.717) is 35.7 Å². The van der Waals surface area contributed by atoms with Crippen molar-refractivity contribution in [2.45, 2.75) is 130 Å². The van der Waals surface area contributed by atoms with Crippen LogP contribution in [-0.4, -0.2) is 41.9 Å². The highest BCUT2D eigenvalue weighted by atomic mass is 16.5. The molecule has 4 aromatic carbocycles. The van der Waals surface area contributed by atoms with Crippen molar-refractivity contribution in [1.29, 1.82) is 0 Å². The Balaban J connectivity index is 1.22. The van der Waals surface area contributed by atoms with Crippen molar-refractivity contribution in [3.8, 4) is 22.9 Å². The van der Waals surface area contributed by atoms with Gasteiger partial charge in [-0.15, -0.1) is 30.0 Å². The Morgan fingerprint density at radius 2 is 0.786 bits per heavy atom. The van der Waals surface area contributed by atoms with Crippen molar-refractivity contribution < 1.29 is 19.1 Å². The molecule has 0 aliphatic carbocycles. The first-order valence-corrected chi connectivity index (χ1v) is 19.5. The summed E-state index contributed by atoms with van der Waals surface area (Å²) in [5.74, 6) is 0.0987. The van der Waals surface area contributed by atoms with Crippen molar-refractivity contribution in [2.24, 2.45) is 0 Å². The smallest absolute Gasteiger partial charge is 0.311 e.